The molecule has 0 spiro atoms. The molecule has 0 radical (unpaired) electrons. The molecule has 0 aliphatic rings. The van der Waals surface area contributed by atoms with E-state index in [4.69, 9.17) is 4.98 Å². The van der Waals surface area contributed by atoms with Gasteiger partial charge in [0.1, 0.15) is 17.2 Å². The lowest BCUT2D eigenvalue weighted by Crippen LogP contribution is -2.30. The molecule has 4 aromatic rings. The molecule has 1 amide bonds. The number of carbonyl (C=O) groups excluding carboxylic acids is 1. The number of amides is 1. The smallest absolute Gasteiger partial charge is 0.270 e. The van der Waals surface area contributed by atoms with E-state index in [0.717, 1.165) is 28.9 Å². The summed E-state index contributed by atoms with van der Waals surface area (Å²) in [4.78, 5) is 18.9. The largest absolute Gasteiger partial charge is 0.344 e. The van der Waals surface area contributed by atoms with Gasteiger partial charge in [-0.25, -0.2) is 4.98 Å². The number of rotatable bonds is 7. The molecule has 0 bridgehead atoms. The predicted octanol–water partition coefficient (Wildman–Crippen LogP) is 7.42. The van der Waals surface area contributed by atoms with Crippen LogP contribution in [0.1, 0.15) is 68.7 Å². The Balaban J connectivity index is 1.82. The SMILES string of the molecule is CC[C@H](NC(=O)c1c(-c2ccc(C(C)(C)C)cc2)nc(-c2ccccc2)n1CC)c1ccccc1. The summed E-state index contributed by atoms with van der Waals surface area (Å²) in [7, 11) is 0. The maximum absolute atomic E-state index is 13.9. The van der Waals surface area contributed by atoms with E-state index in [9.17, 15) is 4.79 Å². The number of hydrogen-bond acceptors (Lipinski definition) is 2. The van der Waals surface area contributed by atoms with E-state index in [2.05, 4.69) is 76.3 Å². The molecule has 3 aromatic carbocycles. The van der Waals surface area contributed by atoms with Crippen LogP contribution in [0.4, 0.5) is 0 Å². The third-order valence-electron chi connectivity index (χ3n) is 6.47. The van der Waals surface area contributed by atoms with Gasteiger partial charge in [0.15, 0.2) is 0 Å². The van der Waals surface area contributed by atoms with Crippen molar-refractivity contribution in [3.63, 3.8) is 0 Å². The topological polar surface area (TPSA) is 46.9 Å². The molecule has 4 nitrogen and oxygen atoms in total. The highest BCUT2D eigenvalue weighted by Gasteiger charge is 2.26. The number of nitrogens with zero attached hydrogens (tertiary/aromatic N) is 2. The average molecular weight is 466 g/mol. The number of hydrogen-bond donors (Lipinski definition) is 1. The van der Waals surface area contributed by atoms with Crippen LogP contribution in [0.15, 0.2) is 84.9 Å². The van der Waals surface area contributed by atoms with Crippen LogP contribution in [-0.2, 0) is 12.0 Å². The second-order valence-electron chi connectivity index (χ2n) is 9.92. The van der Waals surface area contributed by atoms with Crippen LogP contribution in [0.25, 0.3) is 22.6 Å². The maximum atomic E-state index is 13.9. The third kappa shape index (κ3) is 5.22. The van der Waals surface area contributed by atoms with E-state index < -0.39 is 0 Å². The molecule has 4 heteroatoms. The summed E-state index contributed by atoms with van der Waals surface area (Å²) in [6.07, 6.45) is 0.803. The van der Waals surface area contributed by atoms with Gasteiger partial charge in [-0.3, -0.25) is 4.79 Å². The van der Waals surface area contributed by atoms with Crippen LogP contribution >= 0.6 is 0 Å². The fourth-order valence-electron chi connectivity index (χ4n) is 4.46. The molecule has 1 N–H and O–H groups in total. The van der Waals surface area contributed by atoms with Crippen molar-refractivity contribution in [2.45, 2.75) is 59.0 Å². The zero-order chi connectivity index (χ0) is 25.0. The Hall–Kier alpha value is -3.66. The second-order valence-corrected chi connectivity index (χ2v) is 9.92. The molecule has 0 aliphatic heterocycles. The molecule has 1 atom stereocenters. The minimum atomic E-state index is -0.105. The fraction of sp³-hybridized carbons (Fsp3) is 0.290. The van der Waals surface area contributed by atoms with Crippen LogP contribution in [0, 0.1) is 0 Å². The summed E-state index contributed by atoms with van der Waals surface area (Å²) in [6, 6.07) is 28.6. The number of imidazole rings is 1. The van der Waals surface area contributed by atoms with Gasteiger partial charge in [-0.1, -0.05) is 113 Å². The first-order valence-electron chi connectivity index (χ1n) is 12.5. The van der Waals surface area contributed by atoms with Crippen molar-refractivity contribution in [1.82, 2.24) is 14.9 Å². The first kappa shape index (κ1) is 24.5. The summed E-state index contributed by atoms with van der Waals surface area (Å²) in [5, 5.41) is 3.28. The van der Waals surface area contributed by atoms with Crippen LogP contribution in [0.2, 0.25) is 0 Å². The Morgan fingerprint density at radius 2 is 1.46 bits per heavy atom. The highest BCUT2D eigenvalue weighted by molar-refractivity contribution is 5.99. The Bertz CT molecular complexity index is 1270. The lowest BCUT2D eigenvalue weighted by Gasteiger charge is -2.20. The molecule has 4 rings (SSSR count). The van der Waals surface area contributed by atoms with Crippen LogP contribution in [0.5, 0.6) is 0 Å². The van der Waals surface area contributed by atoms with Gasteiger partial charge < -0.3 is 9.88 Å². The number of benzene rings is 3. The van der Waals surface area contributed by atoms with E-state index in [-0.39, 0.29) is 17.4 Å². The summed E-state index contributed by atoms with van der Waals surface area (Å²) in [5.74, 6) is 0.702. The highest BCUT2D eigenvalue weighted by Crippen LogP contribution is 2.32. The summed E-state index contributed by atoms with van der Waals surface area (Å²) >= 11 is 0. The molecule has 0 aliphatic carbocycles. The van der Waals surface area contributed by atoms with Gasteiger partial charge in [0.05, 0.1) is 6.04 Å². The van der Waals surface area contributed by atoms with Gasteiger partial charge in [0, 0.05) is 17.7 Å². The zero-order valence-electron chi connectivity index (χ0n) is 21.4. The van der Waals surface area contributed by atoms with Crippen molar-refractivity contribution in [2.24, 2.45) is 0 Å². The quantitative estimate of drug-likeness (QED) is 0.309. The first-order valence-corrected chi connectivity index (χ1v) is 12.5. The van der Waals surface area contributed by atoms with Crippen molar-refractivity contribution in [3.8, 4) is 22.6 Å². The summed E-state index contributed by atoms with van der Waals surface area (Å²) in [6.45, 7) is 11.4. The average Bonchev–Trinajstić information content (AvgIpc) is 3.27. The van der Waals surface area contributed by atoms with Crippen LogP contribution in [0.3, 0.4) is 0 Å². The summed E-state index contributed by atoms with van der Waals surface area (Å²) < 4.78 is 2.04. The molecule has 180 valence electrons. The van der Waals surface area contributed by atoms with Crippen molar-refractivity contribution >= 4 is 5.91 Å². The first-order chi connectivity index (χ1) is 16.8. The van der Waals surface area contributed by atoms with Crippen molar-refractivity contribution in [2.75, 3.05) is 0 Å². The Morgan fingerprint density at radius 1 is 0.857 bits per heavy atom. The van der Waals surface area contributed by atoms with Gasteiger partial charge in [-0.15, -0.1) is 0 Å². The molecule has 0 saturated heterocycles. The number of nitrogens with one attached hydrogen (secondary N) is 1. The van der Waals surface area contributed by atoms with E-state index >= 15 is 0 Å². The standard InChI is InChI=1S/C31H35N3O/c1-6-26(22-14-10-8-11-15-22)32-30(35)28-27(23-18-20-25(21-19-23)31(3,4)5)33-29(34(28)7-2)24-16-12-9-13-17-24/h8-21,26H,6-7H2,1-5H3,(H,32,35)/t26-/m0/s1. The van der Waals surface area contributed by atoms with Crippen LogP contribution < -0.4 is 5.32 Å². The normalized spacial score (nSPS) is 12.4. The minimum Gasteiger partial charge on any atom is -0.344 e. The molecule has 0 fully saturated rings. The van der Waals surface area contributed by atoms with Crippen molar-refractivity contribution < 1.29 is 4.79 Å². The lowest BCUT2D eigenvalue weighted by molar-refractivity contribution is 0.0927. The molecular weight excluding hydrogens is 430 g/mol. The minimum absolute atomic E-state index is 0.0563. The van der Waals surface area contributed by atoms with Crippen LogP contribution in [-0.4, -0.2) is 15.5 Å². The van der Waals surface area contributed by atoms with E-state index in [1.165, 1.54) is 5.56 Å². The molecule has 0 saturated carbocycles. The summed E-state index contributed by atoms with van der Waals surface area (Å²) in [5.41, 5.74) is 5.67. The molecule has 35 heavy (non-hydrogen) atoms. The third-order valence-corrected chi connectivity index (χ3v) is 6.47. The Labute approximate surface area is 209 Å². The van der Waals surface area contributed by atoms with Gasteiger partial charge in [0.25, 0.3) is 5.91 Å². The van der Waals surface area contributed by atoms with Crippen molar-refractivity contribution in [1.29, 1.82) is 0 Å². The van der Waals surface area contributed by atoms with Gasteiger partial charge in [0.2, 0.25) is 0 Å². The van der Waals surface area contributed by atoms with Gasteiger partial charge >= 0.3 is 0 Å². The van der Waals surface area contributed by atoms with E-state index in [1.54, 1.807) is 0 Å². The molecule has 1 aromatic heterocycles. The van der Waals surface area contributed by atoms with Gasteiger partial charge in [-0.2, -0.15) is 0 Å². The molecule has 1 heterocycles. The second kappa shape index (κ2) is 10.3. The Morgan fingerprint density at radius 3 is 2.00 bits per heavy atom. The van der Waals surface area contributed by atoms with E-state index in [0.29, 0.717) is 17.9 Å². The van der Waals surface area contributed by atoms with Gasteiger partial charge in [-0.05, 0) is 29.9 Å². The highest BCUT2D eigenvalue weighted by atomic mass is 16.2. The maximum Gasteiger partial charge on any atom is 0.270 e. The molecular formula is C31H35N3O. The number of aromatic nitrogens is 2. The predicted molar refractivity (Wildman–Crippen MR) is 144 cm³/mol. The van der Waals surface area contributed by atoms with Crippen molar-refractivity contribution in [3.05, 3.63) is 102 Å². The van der Waals surface area contributed by atoms with E-state index in [1.807, 2.05) is 53.1 Å². The monoisotopic (exact) mass is 465 g/mol. The number of carbonyl (C=O) groups is 1. The fourth-order valence-corrected chi connectivity index (χ4v) is 4.46. The Kier molecular flexibility index (Phi) is 7.20. The molecule has 0 unspecified atom stereocenters. The zero-order valence-corrected chi connectivity index (χ0v) is 21.4. The lowest BCUT2D eigenvalue weighted by atomic mass is 9.86.